The number of para-hydroxylation sites is 3. The summed E-state index contributed by atoms with van der Waals surface area (Å²) in [4.78, 5) is 29.0. The average molecular weight is 1120 g/mol. The van der Waals surface area contributed by atoms with Crippen molar-refractivity contribution in [1.29, 1.82) is 0 Å². The Kier molecular flexibility index (Phi) is 20.2. The predicted molar refractivity (Wildman–Crippen MR) is 360 cm³/mol. The van der Waals surface area contributed by atoms with E-state index in [9.17, 15) is 0 Å². The van der Waals surface area contributed by atoms with Gasteiger partial charge in [-0.25, -0.2) is 15.0 Å². The van der Waals surface area contributed by atoms with Crippen LogP contribution in [0.2, 0.25) is 0 Å². The first kappa shape index (κ1) is 60.0. The van der Waals surface area contributed by atoms with Gasteiger partial charge in [0.05, 0.1) is 16.6 Å². The number of rotatable bonds is 6. The zero-order valence-electron chi connectivity index (χ0n) is 51.0. The molecule has 9 nitrogen and oxygen atoms in total. The van der Waals surface area contributed by atoms with Crippen LogP contribution in [0.3, 0.4) is 0 Å². The van der Waals surface area contributed by atoms with Gasteiger partial charge in [0, 0.05) is 82.2 Å². The normalized spacial score (nSPS) is 10.8. The van der Waals surface area contributed by atoms with Gasteiger partial charge in [0.1, 0.15) is 16.6 Å². The third-order valence-corrected chi connectivity index (χ3v) is 14.0. The third kappa shape index (κ3) is 12.5. The van der Waals surface area contributed by atoms with Gasteiger partial charge >= 0.3 is 0 Å². The third-order valence-electron chi connectivity index (χ3n) is 14.0. The molecule has 0 atom stereocenters. The van der Waals surface area contributed by atoms with Gasteiger partial charge < -0.3 is 13.3 Å². The molecule has 0 unspecified atom stereocenters. The van der Waals surface area contributed by atoms with E-state index in [0.29, 0.717) is 17.7 Å². The summed E-state index contributed by atoms with van der Waals surface area (Å²) in [6.45, 7) is 22.9. The second-order valence-corrected chi connectivity index (χ2v) is 19.9. The molecule has 0 bridgehead atoms. The first-order valence-electron chi connectivity index (χ1n) is 30.4. The van der Waals surface area contributed by atoms with Crippen LogP contribution in [0.25, 0.3) is 133 Å². The smallest absolute Gasteiger partial charge is 0.227 e. The monoisotopic (exact) mass is 1120 g/mol. The second-order valence-electron chi connectivity index (χ2n) is 19.9. The van der Waals surface area contributed by atoms with Gasteiger partial charge in [-0.1, -0.05) is 198 Å². The van der Waals surface area contributed by atoms with Crippen LogP contribution in [0.5, 0.6) is 0 Å². The van der Waals surface area contributed by atoms with Crippen molar-refractivity contribution in [1.82, 2.24) is 29.9 Å². The van der Waals surface area contributed by atoms with Crippen molar-refractivity contribution in [3.8, 4) is 34.4 Å². The number of hydrogen-bond donors (Lipinski definition) is 0. The maximum atomic E-state index is 6.05. The van der Waals surface area contributed by atoms with Crippen LogP contribution < -0.4 is 0 Å². The number of aryl methyl sites for hydroxylation is 3. The Morgan fingerprint density at radius 2 is 0.494 bits per heavy atom. The van der Waals surface area contributed by atoms with Crippen molar-refractivity contribution in [3.63, 3.8) is 0 Å². The minimum Gasteiger partial charge on any atom is -0.436 e. The quantitative estimate of drug-likeness (QED) is 0.150. The molecule has 428 valence electrons. The van der Waals surface area contributed by atoms with E-state index in [-0.39, 0.29) is 0 Å². The summed E-state index contributed by atoms with van der Waals surface area (Å²) in [6, 6.07) is 67.2. The predicted octanol–water partition coefficient (Wildman–Crippen LogP) is 22.2. The molecular weight excluding hydrogens is 1040 g/mol. The molecule has 0 spiro atoms. The van der Waals surface area contributed by atoms with E-state index in [0.717, 1.165) is 151 Å². The zero-order chi connectivity index (χ0) is 59.8. The Bertz CT molecular complexity index is 4170. The molecule has 0 fully saturated rings. The fourth-order valence-electron chi connectivity index (χ4n) is 10.4. The number of nitrogens with zero attached hydrogens (tertiary/aromatic N) is 6. The molecule has 6 heterocycles. The summed E-state index contributed by atoms with van der Waals surface area (Å²) in [5, 5.41) is 10.2. The number of oxazole rings is 3. The summed E-state index contributed by atoms with van der Waals surface area (Å²) in [5.74, 6) is 1.96. The van der Waals surface area contributed by atoms with Gasteiger partial charge in [0.25, 0.3) is 0 Å². The van der Waals surface area contributed by atoms with Gasteiger partial charge in [0.2, 0.25) is 17.7 Å². The van der Waals surface area contributed by atoms with E-state index >= 15 is 0 Å². The molecule has 9 aromatic carbocycles. The molecule has 6 aromatic heterocycles. The van der Waals surface area contributed by atoms with Crippen LogP contribution in [-0.2, 0) is 19.3 Å². The zero-order valence-corrected chi connectivity index (χ0v) is 51.0. The molecule has 15 aromatic rings. The maximum absolute atomic E-state index is 6.05. The van der Waals surface area contributed by atoms with Gasteiger partial charge in [0.15, 0.2) is 16.7 Å². The van der Waals surface area contributed by atoms with Gasteiger partial charge in [-0.2, -0.15) is 0 Å². The first-order valence-corrected chi connectivity index (χ1v) is 30.4. The van der Waals surface area contributed by atoms with E-state index in [4.69, 9.17) is 43.2 Å². The fourth-order valence-corrected chi connectivity index (χ4v) is 10.4. The lowest BCUT2D eigenvalue weighted by Crippen LogP contribution is -1.92. The summed E-state index contributed by atoms with van der Waals surface area (Å²) < 4.78 is 18.2. The van der Waals surface area contributed by atoms with Gasteiger partial charge in [-0.3, -0.25) is 15.0 Å². The Labute approximate surface area is 498 Å². The fraction of sp³-hybridized carbons (Fsp3) is 0.211. The largest absolute Gasteiger partial charge is 0.436 e. The average Bonchev–Trinajstić information content (AvgIpc) is 2.29. The lowest BCUT2D eigenvalue weighted by Gasteiger charge is -2.08. The highest BCUT2D eigenvalue weighted by atomic mass is 16.4. The van der Waals surface area contributed by atoms with Crippen molar-refractivity contribution in [2.75, 3.05) is 0 Å². The Hall–Kier alpha value is -9.60. The first-order chi connectivity index (χ1) is 41.9. The highest BCUT2D eigenvalue weighted by Crippen LogP contribution is 2.38. The van der Waals surface area contributed by atoms with E-state index in [1.807, 2.05) is 173 Å². The van der Waals surface area contributed by atoms with Gasteiger partial charge in [-0.15, -0.1) is 0 Å². The molecule has 0 amide bonds. The number of benzene rings is 9. The van der Waals surface area contributed by atoms with Crippen LogP contribution >= 0.6 is 0 Å². The molecular formula is C76H76N6O3. The Morgan fingerprint density at radius 1 is 0.259 bits per heavy atom. The van der Waals surface area contributed by atoms with E-state index in [1.54, 1.807) is 0 Å². The molecule has 9 heteroatoms. The molecule has 0 aliphatic heterocycles. The SMILES string of the molecule is CC.CC.CCC.CCC.CCc1nc2ccccc2c2c1ccc1oc(-c3ccccc3)nc12.CCc1nc2ccccc2c2c1ccc1oc(-c3ccccc3)nc12.CCc1nc2ccccc2c2c1ccc1oc(-c3ccccc3)nc12. The lowest BCUT2D eigenvalue weighted by atomic mass is 10.0. The van der Waals surface area contributed by atoms with Crippen molar-refractivity contribution in [2.45, 2.75) is 108 Å². The topological polar surface area (TPSA) is 117 Å². The minimum atomic E-state index is 0.655. The molecule has 15 rings (SSSR count). The molecule has 0 saturated heterocycles. The standard InChI is InChI=1S/3C22H16N2O.2C3H8.2C2H6/c3*1-2-17-16-12-13-19-21(20(16)15-10-6-7-11-18(15)23-17)24-22(25-19)14-8-4-3-5-9-14;2*1-3-2;2*1-2/h3*3-13H,2H2,1H3;2*3H2,1-2H3;2*1-2H3. The number of pyridine rings is 3. The van der Waals surface area contributed by atoms with Gasteiger partial charge in [-0.05, 0) is 110 Å². The molecule has 0 aliphatic carbocycles. The summed E-state index contributed by atoms with van der Waals surface area (Å²) >= 11 is 0. The van der Waals surface area contributed by atoms with Crippen LogP contribution in [0.1, 0.15) is 106 Å². The second kappa shape index (κ2) is 28.6. The Balaban J connectivity index is 0.000000142. The molecule has 0 saturated carbocycles. The summed E-state index contributed by atoms with van der Waals surface area (Å²) in [7, 11) is 0. The molecule has 0 radical (unpaired) electrons. The lowest BCUT2D eigenvalue weighted by molar-refractivity contribution is 0.619. The van der Waals surface area contributed by atoms with Crippen molar-refractivity contribution in [2.24, 2.45) is 0 Å². The van der Waals surface area contributed by atoms with Crippen molar-refractivity contribution in [3.05, 3.63) is 217 Å². The minimum absolute atomic E-state index is 0.655. The van der Waals surface area contributed by atoms with Crippen LogP contribution in [0.4, 0.5) is 0 Å². The van der Waals surface area contributed by atoms with E-state index in [2.05, 4.69) is 103 Å². The number of hydrogen-bond acceptors (Lipinski definition) is 9. The number of aromatic nitrogens is 6. The van der Waals surface area contributed by atoms with E-state index in [1.165, 1.54) is 12.8 Å². The molecule has 85 heavy (non-hydrogen) atoms. The molecule has 0 aliphatic rings. The maximum Gasteiger partial charge on any atom is 0.227 e. The van der Waals surface area contributed by atoms with Crippen LogP contribution in [-0.4, -0.2) is 29.9 Å². The van der Waals surface area contributed by atoms with Crippen LogP contribution in [0, 0.1) is 0 Å². The van der Waals surface area contributed by atoms with Crippen molar-refractivity contribution >= 4 is 98.3 Å². The van der Waals surface area contributed by atoms with E-state index < -0.39 is 0 Å². The summed E-state index contributed by atoms with van der Waals surface area (Å²) in [6.07, 6.45) is 5.16. The summed E-state index contributed by atoms with van der Waals surface area (Å²) in [5.41, 5.74) is 14.4. The highest BCUT2D eigenvalue weighted by molar-refractivity contribution is 6.20. The molecule has 0 N–H and O–H groups in total. The number of fused-ring (bicyclic) bond motifs is 15. The van der Waals surface area contributed by atoms with Crippen LogP contribution in [0.15, 0.2) is 213 Å². The Morgan fingerprint density at radius 3 is 0.741 bits per heavy atom. The highest BCUT2D eigenvalue weighted by Gasteiger charge is 2.19. The van der Waals surface area contributed by atoms with Crippen molar-refractivity contribution < 1.29 is 13.3 Å².